The highest BCUT2D eigenvalue weighted by molar-refractivity contribution is 6.32. The number of hydrogen-bond acceptors (Lipinski definition) is 3. The minimum absolute atomic E-state index is 0.281. The van der Waals surface area contributed by atoms with Gasteiger partial charge in [-0.25, -0.2) is 9.69 Å². The maximum atomic E-state index is 13.2. The first-order valence-corrected chi connectivity index (χ1v) is 9.52. The molecule has 2 aliphatic heterocycles. The first kappa shape index (κ1) is 18.5. The summed E-state index contributed by atoms with van der Waals surface area (Å²) in [5.74, 6) is -0.768. The lowest BCUT2D eigenvalue weighted by Crippen LogP contribution is -2.50. The monoisotopic (exact) mass is 397 g/mol. The van der Waals surface area contributed by atoms with Crippen LogP contribution < -0.4 is 10.2 Å². The first-order valence-electron chi connectivity index (χ1n) is 9.14. The molecule has 1 unspecified atom stereocenters. The molecule has 2 aromatic carbocycles. The third-order valence-electron chi connectivity index (χ3n) is 5.53. The van der Waals surface area contributed by atoms with Crippen molar-refractivity contribution in [1.29, 1.82) is 0 Å². The fraction of sp³-hybridized carbons (Fsp3) is 0.286. The topological polar surface area (TPSA) is 69.7 Å². The summed E-state index contributed by atoms with van der Waals surface area (Å²) in [6.45, 7) is 3.73. The molecule has 0 aliphatic carbocycles. The van der Waals surface area contributed by atoms with Crippen LogP contribution in [0.4, 0.5) is 10.5 Å². The summed E-state index contributed by atoms with van der Waals surface area (Å²) in [7, 11) is 0. The van der Waals surface area contributed by atoms with E-state index in [0.29, 0.717) is 17.1 Å². The van der Waals surface area contributed by atoms with Gasteiger partial charge in [0.25, 0.3) is 5.91 Å². The molecule has 2 aromatic rings. The smallest absolute Gasteiger partial charge is 0.319 e. The molecule has 0 bridgehead atoms. The highest BCUT2D eigenvalue weighted by Gasteiger charge is 2.53. The zero-order valence-corrected chi connectivity index (χ0v) is 16.4. The Morgan fingerprint density at radius 2 is 1.82 bits per heavy atom. The second-order valence-corrected chi connectivity index (χ2v) is 7.66. The molecule has 2 atom stereocenters. The Bertz CT molecular complexity index is 992. The van der Waals surface area contributed by atoms with Gasteiger partial charge in [0.1, 0.15) is 11.6 Å². The van der Waals surface area contributed by atoms with Crippen LogP contribution in [0.2, 0.25) is 5.02 Å². The Balaban J connectivity index is 1.63. The summed E-state index contributed by atoms with van der Waals surface area (Å²) in [5.41, 5.74) is 1.11. The number of halogens is 1. The average molecular weight is 398 g/mol. The van der Waals surface area contributed by atoms with Gasteiger partial charge < -0.3 is 10.2 Å². The number of fused-ring (bicyclic) bond motifs is 1. The number of amides is 4. The predicted octanol–water partition coefficient (Wildman–Crippen LogP) is 3.08. The van der Waals surface area contributed by atoms with Crippen LogP contribution in [0.25, 0.3) is 0 Å². The van der Waals surface area contributed by atoms with Gasteiger partial charge in [-0.05, 0) is 38.0 Å². The summed E-state index contributed by atoms with van der Waals surface area (Å²) in [6, 6.07) is 13.0. The molecule has 1 saturated heterocycles. The van der Waals surface area contributed by atoms with Gasteiger partial charge in [-0.15, -0.1) is 0 Å². The number of imide groups is 1. The van der Waals surface area contributed by atoms with E-state index >= 15 is 0 Å². The molecule has 0 spiro atoms. The molecule has 0 saturated carbocycles. The van der Waals surface area contributed by atoms with Gasteiger partial charge in [-0.2, -0.15) is 0 Å². The van der Waals surface area contributed by atoms with Crippen molar-refractivity contribution in [1.82, 2.24) is 10.2 Å². The van der Waals surface area contributed by atoms with Crippen LogP contribution in [0.5, 0.6) is 0 Å². The van der Waals surface area contributed by atoms with E-state index in [1.807, 2.05) is 24.3 Å². The number of anilines is 1. The van der Waals surface area contributed by atoms with Gasteiger partial charge >= 0.3 is 6.03 Å². The lowest BCUT2D eigenvalue weighted by atomic mass is 9.91. The molecule has 144 valence electrons. The van der Waals surface area contributed by atoms with Crippen molar-refractivity contribution < 1.29 is 14.4 Å². The molecule has 0 radical (unpaired) electrons. The molecule has 1 fully saturated rings. The number of hydrogen-bond donors (Lipinski definition) is 1. The Hall–Kier alpha value is -2.86. The van der Waals surface area contributed by atoms with Crippen LogP contribution in [0, 0.1) is 0 Å². The summed E-state index contributed by atoms with van der Waals surface area (Å²) in [6.07, 6.45) is 0.756. The molecule has 2 heterocycles. The second kappa shape index (κ2) is 6.63. The molecule has 1 N–H and O–H groups in total. The number of urea groups is 1. The van der Waals surface area contributed by atoms with Crippen molar-refractivity contribution in [2.45, 2.75) is 31.8 Å². The third-order valence-corrected chi connectivity index (χ3v) is 5.86. The minimum atomic E-state index is -1.31. The number of benzene rings is 2. The SMILES string of the molecule is CC(C(=O)N1CCc2ccccc21)N1C(=O)N[C@](C)(c2ccccc2Cl)C1=O. The Morgan fingerprint density at radius 3 is 2.57 bits per heavy atom. The van der Waals surface area contributed by atoms with Gasteiger partial charge in [0.2, 0.25) is 5.91 Å². The van der Waals surface area contributed by atoms with Gasteiger partial charge in [0.05, 0.1) is 0 Å². The van der Waals surface area contributed by atoms with Crippen LogP contribution >= 0.6 is 11.6 Å². The van der Waals surface area contributed by atoms with Gasteiger partial charge in [-0.3, -0.25) is 9.59 Å². The molecular formula is C21H20ClN3O3. The van der Waals surface area contributed by atoms with Crippen molar-refractivity contribution in [3.63, 3.8) is 0 Å². The minimum Gasteiger partial charge on any atom is -0.319 e. The largest absolute Gasteiger partial charge is 0.326 e. The maximum Gasteiger partial charge on any atom is 0.326 e. The van der Waals surface area contributed by atoms with Crippen LogP contribution in [-0.2, 0) is 21.5 Å². The van der Waals surface area contributed by atoms with Crippen molar-refractivity contribution >= 4 is 35.1 Å². The van der Waals surface area contributed by atoms with E-state index in [9.17, 15) is 14.4 Å². The van der Waals surface area contributed by atoms with E-state index < -0.39 is 23.5 Å². The highest BCUT2D eigenvalue weighted by Crippen LogP contribution is 2.35. The Kier molecular flexibility index (Phi) is 4.38. The van der Waals surface area contributed by atoms with Crippen LogP contribution in [0.1, 0.15) is 25.0 Å². The predicted molar refractivity (Wildman–Crippen MR) is 106 cm³/mol. The van der Waals surface area contributed by atoms with E-state index in [1.54, 1.807) is 43.0 Å². The number of para-hydroxylation sites is 1. The fourth-order valence-electron chi connectivity index (χ4n) is 3.96. The van der Waals surface area contributed by atoms with E-state index in [0.717, 1.165) is 22.6 Å². The maximum absolute atomic E-state index is 13.2. The number of nitrogens with one attached hydrogen (secondary N) is 1. The van der Waals surface area contributed by atoms with E-state index in [-0.39, 0.29) is 5.91 Å². The summed E-state index contributed by atoms with van der Waals surface area (Å²) in [4.78, 5) is 41.7. The third kappa shape index (κ3) is 2.67. The van der Waals surface area contributed by atoms with Gasteiger partial charge in [-0.1, -0.05) is 48.0 Å². The molecule has 28 heavy (non-hydrogen) atoms. The summed E-state index contributed by atoms with van der Waals surface area (Å²) < 4.78 is 0. The molecule has 0 aromatic heterocycles. The van der Waals surface area contributed by atoms with Crippen LogP contribution in [0.15, 0.2) is 48.5 Å². The molecule has 7 heteroatoms. The lowest BCUT2D eigenvalue weighted by molar-refractivity contribution is -0.136. The second-order valence-electron chi connectivity index (χ2n) is 7.25. The fourth-order valence-corrected chi connectivity index (χ4v) is 4.29. The summed E-state index contributed by atoms with van der Waals surface area (Å²) in [5, 5.41) is 3.10. The van der Waals surface area contributed by atoms with Crippen LogP contribution in [-0.4, -0.2) is 35.3 Å². The van der Waals surface area contributed by atoms with Crippen LogP contribution in [0.3, 0.4) is 0 Å². The molecule has 6 nitrogen and oxygen atoms in total. The first-order chi connectivity index (χ1) is 13.3. The zero-order chi connectivity index (χ0) is 20.1. The van der Waals surface area contributed by atoms with Gasteiger partial charge in [0, 0.05) is 22.8 Å². The quantitative estimate of drug-likeness (QED) is 0.809. The van der Waals surface area contributed by atoms with Gasteiger partial charge in [0.15, 0.2) is 0 Å². The number of carbonyl (C=O) groups is 3. The normalized spacial score (nSPS) is 22.2. The average Bonchev–Trinajstić information content (AvgIpc) is 3.20. The molecular weight excluding hydrogens is 378 g/mol. The Labute approximate surface area is 168 Å². The van der Waals surface area contributed by atoms with Crippen molar-refractivity contribution in [2.24, 2.45) is 0 Å². The van der Waals surface area contributed by atoms with E-state index in [4.69, 9.17) is 11.6 Å². The highest BCUT2D eigenvalue weighted by atomic mass is 35.5. The summed E-state index contributed by atoms with van der Waals surface area (Å²) >= 11 is 6.26. The standard InChI is InChI=1S/C21H20ClN3O3/c1-13(18(26)24-12-11-14-7-3-6-10-17(14)24)25-19(27)21(2,23-20(25)28)15-8-4-5-9-16(15)22/h3-10,13H,11-12H2,1-2H3,(H,23,28)/t13?,21-/m1/s1. The number of rotatable bonds is 3. The Morgan fingerprint density at radius 1 is 1.14 bits per heavy atom. The molecule has 4 amide bonds. The lowest BCUT2D eigenvalue weighted by Gasteiger charge is -2.28. The number of carbonyl (C=O) groups excluding carboxylic acids is 3. The molecule has 4 rings (SSSR count). The molecule has 2 aliphatic rings. The van der Waals surface area contributed by atoms with Crippen molar-refractivity contribution in [3.8, 4) is 0 Å². The number of nitrogens with zero attached hydrogens (tertiary/aromatic N) is 2. The van der Waals surface area contributed by atoms with Crippen molar-refractivity contribution in [3.05, 3.63) is 64.7 Å². The van der Waals surface area contributed by atoms with E-state index in [1.165, 1.54) is 0 Å². The van der Waals surface area contributed by atoms with Crippen molar-refractivity contribution in [2.75, 3.05) is 11.4 Å². The zero-order valence-electron chi connectivity index (χ0n) is 15.6. The van der Waals surface area contributed by atoms with E-state index in [2.05, 4.69) is 5.32 Å².